The third kappa shape index (κ3) is 35.8. The summed E-state index contributed by atoms with van der Waals surface area (Å²) in [5, 5.41) is 0. The fourth-order valence-corrected chi connectivity index (χ4v) is 6.44. The summed E-state index contributed by atoms with van der Waals surface area (Å²) >= 11 is 0. The van der Waals surface area contributed by atoms with E-state index in [4.69, 9.17) is 24.0 Å². The Balaban J connectivity index is 2.11. The van der Waals surface area contributed by atoms with E-state index in [1.165, 1.54) is 77.0 Å². The number of hydrogen-bond acceptors (Lipinski definition) is 7. The third-order valence-electron chi connectivity index (χ3n) is 9.43. The fourth-order valence-electron chi connectivity index (χ4n) is 6.08. The number of carbonyl (C=O) groups is 2. The molecule has 2 unspecified atom stereocenters. The van der Waals surface area contributed by atoms with Gasteiger partial charge in [-0.3, -0.25) is 14.1 Å². The lowest BCUT2D eigenvalue weighted by Gasteiger charge is -2.18. The molecule has 1 heterocycles. The predicted octanol–water partition coefficient (Wildman–Crippen LogP) is 12.3. The van der Waals surface area contributed by atoms with E-state index in [2.05, 4.69) is 79.1 Å². The normalized spacial score (nSPS) is 16.7. The van der Waals surface area contributed by atoms with Crippen molar-refractivity contribution < 1.29 is 42.7 Å². The summed E-state index contributed by atoms with van der Waals surface area (Å²) < 4.78 is 32.2. The Morgan fingerprint density at radius 1 is 0.582 bits per heavy atom. The molecule has 55 heavy (non-hydrogen) atoms. The SMILES string of the molecule is CCCCC/C=C\C/C=C\C/C=C\CC1OC1CCCC(=O)OC[C@H](COP(=O)(O)O)OC(=O)CCCCCCCCCCC/C=C\C/C=C\CCCCC. The van der Waals surface area contributed by atoms with E-state index in [1.807, 2.05) is 0 Å². The molecule has 0 spiro atoms. The molecule has 1 rings (SSSR count). The molecule has 0 aromatic heterocycles. The van der Waals surface area contributed by atoms with Crippen LogP contribution in [-0.2, 0) is 32.9 Å². The maximum atomic E-state index is 12.4. The molecule has 0 aliphatic carbocycles. The Morgan fingerprint density at radius 2 is 1.05 bits per heavy atom. The van der Waals surface area contributed by atoms with Crippen molar-refractivity contribution in [2.75, 3.05) is 13.2 Å². The van der Waals surface area contributed by atoms with E-state index in [1.54, 1.807) is 0 Å². The van der Waals surface area contributed by atoms with E-state index < -0.39 is 32.5 Å². The number of ether oxygens (including phenoxy) is 3. The van der Waals surface area contributed by atoms with E-state index in [9.17, 15) is 14.2 Å². The number of phosphoric ester groups is 1. The van der Waals surface area contributed by atoms with Crippen molar-refractivity contribution >= 4 is 19.8 Å². The van der Waals surface area contributed by atoms with Gasteiger partial charge in [0.15, 0.2) is 6.10 Å². The Labute approximate surface area is 334 Å². The Hall–Kier alpha value is -2.29. The molecule has 0 bridgehead atoms. The lowest BCUT2D eigenvalue weighted by Crippen LogP contribution is -2.29. The zero-order valence-electron chi connectivity index (χ0n) is 34.5. The van der Waals surface area contributed by atoms with Gasteiger partial charge in [0.2, 0.25) is 0 Å². The Morgan fingerprint density at radius 3 is 1.60 bits per heavy atom. The molecule has 0 saturated carbocycles. The fraction of sp³-hybridized carbons (Fsp3) is 0.733. The van der Waals surface area contributed by atoms with E-state index in [-0.39, 0.29) is 31.7 Å². The second-order valence-corrected chi connectivity index (χ2v) is 15.9. The summed E-state index contributed by atoms with van der Waals surface area (Å²) in [7, 11) is -4.78. The number of rotatable bonds is 38. The standard InChI is InChI=1S/C45H77O9P/c1-3-5-7-9-11-13-15-17-18-19-20-21-22-23-25-27-29-31-33-37-45(47)53-41(40-52-55(48,49)50)39-51-44(46)38-34-36-43-42(54-43)35-32-30-28-26-24-16-14-12-10-8-6-4-2/h11-14,17-18,24,26,30,32,41-43H,3-10,15-16,19-23,25,27-29,31,33-40H2,1-2H3,(H2,48,49,50)/b13-11-,14-12-,18-17-,26-24-,32-30-/t41-,42?,43?/m1/s1. The van der Waals surface area contributed by atoms with Gasteiger partial charge in [0.05, 0.1) is 18.8 Å². The Bertz CT molecular complexity index is 1140. The minimum atomic E-state index is -4.78. The van der Waals surface area contributed by atoms with Gasteiger partial charge < -0.3 is 24.0 Å². The number of hydrogen-bond donors (Lipinski definition) is 2. The monoisotopic (exact) mass is 793 g/mol. The van der Waals surface area contributed by atoms with Crippen molar-refractivity contribution in [1.29, 1.82) is 0 Å². The zero-order valence-corrected chi connectivity index (χ0v) is 35.4. The number of carbonyl (C=O) groups excluding carboxylic acids is 2. The van der Waals surface area contributed by atoms with Gasteiger partial charge in [0.25, 0.3) is 0 Å². The maximum Gasteiger partial charge on any atom is 0.469 e. The summed E-state index contributed by atoms with van der Waals surface area (Å²) in [4.78, 5) is 43.0. The molecular weight excluding hydrogens is 715 g/mol. The van der Waals surface area contributed by atoms with Crippen molar-refractivity contribution in [3.63, 3.8) is 0 Å². The second-order valence-electron chi connectivity index (χ2n) is 14.7. The molecule has 1 aliphatic heterocycles. The first-order valence-corrected chi connectivity index (χ1v) is 23.2. The quantitative estimate of drug-likeness (QED) is 0.0206. The molecule has 0 radical (unpaired) electrons. The van der Waals surface area contributed by atoms with Crippen molar-refractivity contribution in [3.05, 3.63) is 60.8 Å². The van der Waals surface area contributed by atoms with Crippen molar-refractivity contribution in [3.8, 4) is 0 Å². The second kappa shape index (κ2) is 36.1. The summed E-state index contributed by atoms with van der Waals surface area (Å²) in [6.45, 7) is 3.57. The van der Waals surface area contributed by atoms with Gasteiger partial charge in [-0.05, 0) is 83.5 Å². The number of allylic oxidation sites excluding steroid dienone is 9. The Kier molecular flexibility index (Phi) is 33.3. The van der Waals surface area contributed by atoms with E-state index in [0.29, 0.717) is 12.8 Å². The van der Waals surface area contributed by atoms with Crippen LogP contribution in [0.2, 0.25) is 0 Å². The van der Waals surface area contributed by atoms with Crippen LogP contribution in [-0.4, -0.2) is 53.3 Å². The van der Waals surface area contributed by atoms with Crippen LogP contribution in [0.5, 0.6) is 0 Å². The van der Waals surface area contributed by atoms with Gasteiger partial charge in [0, 0.05) is 12.8 Å². The molecule has 1 aliphatic rings. The van der Waals surface area contributed by atoms with Crippen LogP contribution < -0.4 is 0 Å². The largest absolute Gasteiger partial charge is 0.469 e. The number of unbranched alkanes of at least 4 members (excludes halogenated alkanes) is 15. The maximum absolute atomic E-state index is 12.4. The summed E-state index contributed by atoms with van der Waals surface area (Å²) in [5.41, 5.74) is 0. The van der Waals surface area contributed by atoms with Gasteiger partial charge >= 0.3 is 19.8 Å². The highest BCUT2D eigenvalue weighted by Crippen LogP contribution is 2.36. The van der Waals surface area contributed by atoms with Crippen molar-refractivity contribution in [2.45, 2.75) is 199 Å². The van der Waals surface area contributed by atoms with Crippen molar-refractivity contribution in [1.82, 2.24) is 0 Å². The summed E-state index contributed by atoms with van der Waals surface area (Å²) in [5.74, 6) is -0.968. The van der Waals surface area contributed by atoms with Crippen LogP contribution in [0.4, 0.5) is 0 Å². The topological polar surface area (TPSA) is 132 Å². The van der Waals surface area contributed by atoms with Gasteiger partial charge in [-0.2, -0.15) is 0 Å². The molecular formula is C45H77O9P. The predicted molar refractivity (Wildman–Crippen MR) is 225 cm³/mol. The van der Waals surface area contributed by atoms with Crippen LogP contribution in [0.15, 0.2) is 60.8 Å². The molecule has 3 atom stereocenters. The molecule has 10 heteroatoms. The first-order chi connectivity index (χ1) is 26.7. The molecule has 1 saturated heterocycles. The lowest BCUT2D eigenvalue weighted by molar-refractivity contribution is -0.161. The minimum absolute atomic E-state index is 0.136. The van der Waals surface area contributed by atoms with Gasteiger partial charge in [0.1, 0.15) is 6.61 Å². The highest BCUT2D eigenvalue weighted by molar-refractivity contribution is 7.46. The smallest absolute Gasteiger partial charge is 0.462 e. The van der Waals surface area contributed by atoms with Crippen molar-refractivity contribution in [2.24, 2.45) is 0 Å². The average molecular weight is 793 g/mol. The first kappa shape index (κ1) is 50.7. The highest BCUT2D eigenvalue weighted by Gasteiger charge is 2.36. The first-order valence-electron chi connectivity index (χ1n) is 21.7. The van der Waals surface area contributed by atoms with Crippen LogP contribution in [0, 0.1) is 0 Å². The van der Waals surface area contributed by atoms with Gasteiger partial charge in [-0.15, -0.1) is 0 Å². The summed E-state index contributed by atoms with van der Waals surface area (Å²) in [6, 6.07) is 0. The lowest BCUT2D eigenvalue weighted by atomic mass is 10.1. The zero-order chi connectivity index (χ0) is 40.1. The molecule has 0 aromatic carbocycles. The highest BCUT2D eigenvalue weighted by atomic mass is 31.2. The van der Waals surface area contributed by atoms with Crippen LogP contribution in [0.3, 0.4) is 0 Å². The number of epoxide rings is 1. The molecule has 316 valence electrons. The molecule has 0 amide bonds. The molecule has 0 aromatic rings. The molecule has 2 N–H and O–H groups in total. The molecule has 1 fully saturated rings. The van der Waals surface area contributed by atoms with Gasteiger partial charge in [-0.25, -0.2) is 4.57 Å². The minimum Gasteiger partial charge on any atom is -0.462 e. The van der Waals surface area contributed by atoms with Gasteiger partial charge in [-0.1, -0.05) is 145 Å². The van der Waals surface area contributed by atoms with E-state index >= 15 is 0 Å². The average Bonchev–Trinajstić information content (AvgIpc) is 3.91. The third-order valence-corrected chi connectivity index (χ3v) is 9.92. The number of esters is 2. The molecule has 9 nitrogen and oxygen atoms in total. The van der Waals surface area contributed by atoms with Crippen LogP contribution in [0.25, 0.3) is 0 Å². The number of phosphoric acid groups is 1. The summed E-state index contributed by atoms with van der Waals surface area (Å²) in [6.07, 6.45) is 48.1. The van der Waals surface area contributed by atoms with E-state index in [0.717, 1.165) is 64.2 Å². The van der Waals surface area contributed by atoms with Crippen LogP contribution in [0.1, 0.15) is 181 Å². The van der Waals surface area contributed by atoms with Crippen LogP contribution >= 0.6 is 7.82 Å².